The van der Waals surface area contributed by atoms with Crippen molar-refractivity contribution in [2.45, 2.75) is 31.5 Å². The van der Waals surface area contributed by atoms with Crippen molar-refractivity contribution in [3.63, 3.8) is 0 Å². The van der Waals surface area contributed by atoms with Crippen LogP contribution in [0.5, 0.6) is 0 Å². The Morgan fingerprint density at radius 1 is 0.867 bits per heavy atom. The van der Waals surface area contributed by atoms with E-state index in [1.54, 1.807) is 0 Å². The quantitative estimate of drug-likeness (QED) is 0.567. The lowest BCUT2D eigenvalue weighted by Gasteiger charge is -2.50. The summed E-state index contributed by atoms with van der Waals surface area (Å²) in [5.74, 6) is 0.655. The Bertz CT molecular complexity index is 270. The second kappa shape index (κ2) is 3.19. The molecule has 1 saturated heterocycles. The molecule has 0 aromatic carbocycles. The minimum atomic E-state index is -0.275. The molecule has 15 heavy (non-hydrogen) atoms. The van der Waals surface area contributed by atoms with Crippen molar-refractivity contribution in [1.29, 1.82) is 0 Å². The van der Waals surface area contributed by atoms with Crippen LogP contribution in [0.15, 0.2) is 24.3 Å². The molecule has 3 aliphatic rings. The summed E-state index contributed by atoms with van der Waals surface area (Å²) in [5, 5.41) is 0. The zero-order chi connectivity index (χ0) is 10.5. The van der Waals surface area contributed by atoms with Gasteiger partial charge in [0, 0.05) is 11.8 Å². The molecule has 0 N–H and O–H groups in total. The van der Waals surface area contributed by atoms with E-state index in [0.29, 0.717) is 11.8 Å². The molecule has 2 bridgehead atoms. The van der Waals surface area contributed by atoms with E-state index in [1.165, 1.54) is 11.1 Å². The van der Waals surface area contributed by atoms with Gasteiger partial charge in [0.25, 0.3) is 0 Å². The SMILES string of the molecule is C=C1CC2CC(=C)CC(C1)C21OCCO1. The van der Waals surface area contributed by atoms with Crippen molar-refractivity contribution in [1.82, 2.24) is 0 Å². The molecule has 2 saturated carbocycles. The van der Waals surface area contributed by atoms with Gasteiger partial charge in [-0.3, -0.25) is 0 Å². The monoisotopic (exact) mass is 206 g/mol. The Kier molecular flexibility index (Phi) is 2.05. The van der Waals surface area contributed by atoms with Crippen LogP contribution in [0.3, 0.4) is 0 Å². The van der Waals surface area contributed by atoms with Gasteiger partial charge in [-0.25, -0.2) is 0 Å². The molecular formula is C13H18O2. The van der Waals surface area contributed by atoms with Crippen LogP contribution in [0.4, 0.5) is 0 Å². The van der Waals surface area contributed by atoms with Gasteiger partial charge in [-0.1, -0.05) is 24.3 Å². The van der Waals surface area contributed by atoms with Crippen LogP contribution in [0, 0.1) is 11.8 Å². The van der Waals surface area contributed by atoms with Crippen LogP contribution >= 0.6 is 0 Å². The molecule has 0 radical (unpaired) electrons. The fourth-order valence-electron chi connectivity index (χ4n) is 3.52. The first kappa shape index (κ1) is 9.61. The van der Waals surface area contributed by atoms with Crippen LogP contribution in [-0.4, -0.2) is 19.0 Å². The zero-order valence-corrected chi connectivity index (χ0v) is 9.13. The van der Waals surface area contributed by atoms with Crippen molar-refractivity contribution >= 4 is 0 Å². The lowest BCUT2D eigenvalue weighted by molar-refractivity contribution is -0.246. The maximum atomic E-state index is 5.94. The third kappa shape index (κ3) is 1.31. The van der Waals surface area contributed by atoms with E-state index in [-0.39, 0.29) is 5.79 Å². The average Bonchev–Trinajstić information content (AvgIpc) is 2.60. The summed E-state index contributed by atoms with van der Waals surface area (Å²) in [6.07, 6.45) is 4.20. The fourth-order valence-corrected chi connectivity index (χ4v) is 3.52. The summed E-state index contributed by atoms with van der Waals surface area (Å²) in [7, 11) is 0. The lowest BCUT2D eigenvalue weighted by atomic mass is 9.64. The molecule has 1 heterocycles. The highest BCUT2D eigenvalue weighted by molar-refractivity contribution is 5.18. The van der Waals surface area contributed by atoms with E-state index in [2.05, 4.69) is 13.2 Å². The van der Waals surface area contributed by atoms with E-state index in [1.807, 2.05) is 0 Å². The Morgan fingerprint density at radius 2 is 1.27 bits per heavy atom. The molecule has 1 aliphatic heterocycles. The van der Waals surface area contributed by atoms with Crippen LogP contribution in [0.2, 0.25) is 0 Å². The van der Waals surface area contributed by atoms with Crippen molar-refractivity contribution in [2.24, 2.45) is 11.8 Å². The highest BCUT2D eigenvalue weighted by Crippen LogP contribution is 2.53. The van der Waals surface area contributed by atoms with Gasteiger partial charge in [0.05, 0.1) is 13.2 Å². The molecule has 2 aliphatic carbocycles. The Balaban J connectivity index is 1.95. The van der Waals surface area contributed by atoms with Crippen LogP contribution in [0.1, 0.15) is 25.7 Å². The molecule has 0 unspecified atom stereocenters. The summed E-state index contributed by atoms with van der Waals surface area (Å²) in [6.45, 7) is 9.78. The Labute approximate surface area is 90.9 Å². The predicted molar refractivity (Wildman–Crippen MR) is 58.4 cm³/mol. The van der Waals surface area contributed by atoms with E-state index < -0.39 is 0 Å². The molecule has 3 fully saturated rings. The van der Waals surface area contributed by atoms with E-state index in [9.17, 15) is 0 Å². The van der Waals surface area contributed by atoms with E-state index in [0.717, 1.165) is 38.9 Å². The first-order chi connectivity index (χ1) is 7.21. The molecule has 2 nitrogen and oxygen atoms in total. The van der Waals surface area contributed by atoms with Gasteiger partial charge < -0.3 is 9.47 Å². The predicted octanol–water partition coefficient (Wildman–Crippen LogP) is 2.66. The Morgan fingerprint density at radius 3 is 1.67 bits per heavy atom. The second-order valence-corrected chi connectivity index (χ2v) is 5.13. The summed E-state index contributed by atoms with van der Waals surface area (Å²) in [6, 6.07) is 0. The molecular weight excluding hydrogens is 188 g/mol. The molecule has 0 aromatic heterocycles. The van der Waals surface area contributed by atoms with Crippen molar-refractivity contribution in [3.8, 4) is 0 Å². The molecule has 2 heteroatoms. The minimum absolute atomic E-state index is 0.275. The highest BCUT2D eigenvalue weighted by Gasteiger charge is 2.55. The standard InChI is InChI=1S/C13H18O2/c1-9-5-11-7-10(2)8-12(6-9)13(11)14-3-4-15-13/h11-12H,1-8H2. The van der Waals surface area contributed by atoms with Crippen LogP contribution in [0.25, 0.3) is 0 Å². The number of hydrogen-bond donors (Lipinski definition) is 0. The average molecular weight is 206 g/mol. The van der Waals surface area contributed by atoms with Gasteiger partial charge in [0.2, 0.25) is 0 Å². The number of hydrogen-bond acceptors (Lipinski definition) is 2. The third-order valence-electron chi connectivity index (χ3n) is 4.02. The van der Waals surface area contributed by atoms with Gasteiger partial charge in [0.15, 0.2) is 5.79 Å². The van der Waals surface area contributed by atoms with Crippen LogP contribution < -0.4 is 0 Å². The number of ether oxygens (including phenoxy) is 2. The topological polar surface area (TPSA) is 18.5 Å². The zero-order valence-electron chi connectivity index (χ0n) is 9.13. The molecule has 0 atom stereocenters. The fraction of sp³-hybridized carbons (Fsp3) is 0.692. The van der Waals surface area contributed by atoms with E-state index >= 15 is 0 Å². The van der Waals surface area contributed by atoms with Crippen LogP contribution in [-0.2, 0) is 9.47 Å². The maximum absolute atomic E-state index is 5.94. The molecule has 82 valence electrons. The maximum Gasteiger partial charge on any atom is 0.175 e. The number of allylic oxidation sites excluding steroid dienone is 2. The summed E-state index contributed by atoms with van der Waals surface area (Å²) in [5.41, 5.74) is 2.73. The van der Waals surface area contributed by atoms with Crippen molar-refractivity contribution in [2.75, 3.05) is 13.2 Å². The van der Waals surface area contributed by atoms with Crippen molar-refractivity contribution < 1.29 is 9.47 Å². The molecule has 0 aromatic rings. The lowest BCUT2D eigenvalue weighted by Crippen LogP contribution is -2.52. The summed E-state index contributed by atoms with van der Waals surface area (Å²) in [4.78, 5) is 0. The first-order valence-corrected chi connectivity index (χ1v) is 5.82. The van der Waals surface area contributed by atoms with Gasteiger partial charge in [-0.15, -0.1) is 0 Å². The summed E-state index contributed by atoms with van der Waals surface area (Å²) < 4.78 is 11.9. The summed E-state index contributed by atoms with van der Waals surface area (Å²) >= 11 is 0. The van der Waals surface area contributed by atoms with E-state index in [4.69, 9.17) is 9.47 Å². The normalized spacial score (nSPS) is 38.7. The minimum Gasteiger partial charge on any atom is -0.347 e. The first-order valence-electron chi connectivity index (χ1n) is 5.82. The highest BCUT2D eigenvalue weighted by atomic mass is 16.7. The van der Waals surface area contributed by atoms with Gasteiger partial charge in [-0.2, -0.15) is 0 Å². The van der Waals surface area contributed by atoms with Gasteiger partial charge in [0.1, 0.15) is 0 Å². The Hall–Kier alpha value is -0.600. The second-order valence-electron chi connectivity index (χ2n) is 5.13. The largest absolute Gasteiger partial charge is 0.347 e. The third-order valence-corrected chi connectivity index (χ3v) is 4.02. The number of rotatable bonds is 0. The van der Waals surface area contributed by atoms with Gasteiger partial charge >= 0.3 is 0 Å². The molecule has 0 amide bonds. The smallest absolute Gasteiger partial charge is 0.175 e. The molecule has 1 spiro atoms. The molecule has 3 rings (SSSR count). The van der Waals surface area contributed by atoms with Crippen molar-refractivity contribution in [3.05, 3.63) is 24.3 Å². The van der Waals surface area contributed by atoms with Gasteiger partial charge in [-0.05, 0) is 25.7 Å².